The molecule has 0 saturated carbocycles. The minimum absolute atomic E-state index is 0.0826. The van der Waals surface area contributed by atoms with E-state index in [1.807, 2.05) is 24.8 Å². The summed E-state index contributed by atoms with van der Waals surface area (Å²) in [6, 6.07) is 4.98. The number of benzene rings is 1. The van der Waals surface area contributed by atoms with E-state index in [9.17, 15) is 15.2 Å². The van der Waals surface area contributed by atoms with Crippen molar-refractivity contribution in [2.75, 3.05) is 18.0 Å². The fourth-order valence-electron chi connectivity index (χ4n) is 1.88. The molecule has 1 aromatic rings. The second-order valence-electron chi connectivity index (χ2n) is 5.11. The average Bonchev–Trinajstić information content (AvgIpc) is 2.23. The first-order valence-corrected chi connectivity index (χ1v) is 5.96. The van der Waals surface area contributed by atoms with Crippen molar-refractivity contribution in [2.24, 2.45) is 0 Å². The Labute approximate surface area is 107 Å². The van der Waals surface area contributed by atoms with Crippen LogP contribution in [0.25, 0.3) is 0 Å². The van der Waals surface area contributed by atoms with Gasteiger partial charge in [-0.3, -0.25) is 10.1 Å². The number of hydrogen-bond acceptors (Lipinski definition) is 4. The lowest BCUT2D eigenvalue weighted by atomic mass is 10.1. The van der Waals surface area contributed by atoms with Crippen LogP contribution in [-0.2, 0) is 0 Å². The first-order chi connectivity index (χ1) is 8.23. The van der Waals surface area contributed by atoms with Gasteiger partial charge in [-0.2, -0.15) is 0 Å². The third-order valence-corrected chi connectivity index (χ3v) is 2.58. The second-order valence-corrected chi connectivity index (χ2v) is 5.11. The molecule has 0 unspecified atom stereocenters. The molecule has 0 aliphatic carbocycles. The molecule has 1 N–H and O–H groups in total. The molecule has 1 aromatic carbocycles. The standard InChI is InChI=1S/C13H20N2O3/c1-5-14(9-13(3,4)16)11-6-10(2)7-12(8-11)15(17)18/h6-8,16H,5,9H2,1-4H3. The lowest BCUT2D eigenvalue weighted by molar-refractivity contribution is -0.384. The van der Waals surface area contributed by atoms with E-state index in [2.05, 4.69) is 0 Å². The molecule has 0 heterocycles. The molecule has 100 valence electrons. The van der Waals surface area contributed by atoms with Crippen LogP contribution in [0.2, 0.25) is 0 Å². The molecule has 0 radical (unpaired) electrons. The fourth-order valence-corrected chi connectivity index (χ4v) is 1.88. The van der Waals surface area contributed by atoms with Gasteiger partial charge in [0.15, 0.2) is 0 Å². The summed E-state index contributed by atoms with van der Waals surface area (Å²) in [7, 11) is 0. The molecular weight excluding hydrogens is 232 g/mol. The zero-order valence-electron chi connectivity index (χ0n) is 11.3. The predicted molar refractivity (Wildman–Crippen MR) is 72.0 cm³/mol. The van der Waals surface area contributed by atoms with Gasteiger partial charge in [0.1, 0.15) is 0 Å². The Bertz CT molecular complexity index is 438. The lowest BCUT2D eigenvalue weighted by Crippen LogP contribution is -2.38. The summed E-state index contributed by atoms with van der Waals surface area (Å²) in [5, 5.41) is 20.7. The molecule has 1 rings (SSSR count). The van der Waals surface area contributed by atoms with E-state index in [1.54, 1.807) is 26.0 Å². The van der Waals surface area contributed by atoms with Gasteiger partial charge in [-0.15, -0.1) is 0 Å². The highest BCUT2D eigenvalue weighted by Gasteiger charge is 2.19. The minimum atomic E-state index is -0.839. The van der Waals surface area contributed by atoms with Gasteiger partial charge in [0.2, 0.25) is 0 Å². The summed E-state index contributed by atoms with van der Waals surface area (Å²) < 4.78 is 0. The number of non-ortho nitro benzene ring substituents is 1. The van der Waals surface area contributed by atoms with Crippen molar-refractivity contribution in [1.29, 1.82) is 0 Å². The molecule has 5 nitrogen and oxygen atoms in total. The molecule has 0 bridgehead atoms. The Kier molecular flexibility index (Phi) is 4.29. The first kappa shape index (κ1) is 14.4. The van der Waals surface area contributed by atoms with E-state index in [0.29, 0.717) is 13.1 Å². The van der Waals surface area contributed by atoms with Gasteiger partial charge in [-0.1, -0.05) is 0 Å². The number of hydrogen-bond donors (Lipinski definition) is 1. The topological polar surface area (TPSA) is 66.6 Å². The van der Waals surface area contributed by atoms with Crippen LogP contribution >= 0.6 is 0 Å². The number of aryl methyl sites for hydroxylation is 1. The van der Waals surface area contributed by atoms with Crippen LogP contribution in [0.3, 0.4) is 0 Å². The molecule has 18 heavy (non-hydrogen) atoms. The van der Waals surface area contributed by atoms with Crippen LogP contribution < -0.4 is 4.90 Å². The molecule has 0 fully saturated rings. The fraction of sp³-hybridized carbons (Fsp3) is 0.538. The zero-order valence-corrected chi connectivity index (χ0v) is 11.3. The van der Waals surface area contributed by atoms with E-state index in [4.69, 9.17) is 0 Å². The van der Waals surface area contributed by atoms with Gasteiger partial charge in [0.05, 0.1) is 10.5 Å². The quantitative estimate of drug-likeness (QED) is 0.646. The van der Waals surface area contributed by atoms with E-state index in [1.165, 1.54) is 0 Å². The zero-order chi connectivity index (χ0) is 13.9. The Morgan fingerprint density at radius 1 is 1.39 bits per heavy atom. The van der Waals surface area contributed by atoms with Crippen molar-refractivity contribution in [1.82, 2.24) is 0 Å². The van der Waals surface area contributed by atoms with E-state index < -0.39 is 10.5 Å². The highest BCUT2D eigenvalue weighted by molar-refractivity contribution is 5.55. The van der Waals surface area contributed by atoms with Gasteiger partial charge < -0.3 is 10.0 Å². The van der Waals surface area contributed by atoms with E-state index in [-0.39, 0.29) is 5.69 Å². The monoisotopic (exact) mass is 252 g/mol. The van der Waals surface area contributed by atoms with Crippen molar-refractivity contribution < 1.29 is 10.0 Å². The lowest BCUT2D eigenvalue weighted by Gasteiger charge is -2.30. The molecule has 0 atom stereocenters. The number of nitro groups is 1. The number of nitro benzene ring substituents is 1. The third-order valence-electron chi connectivity index (χ3n) is 2.58. The smallest absolute Gasteiger partial charge is 0.271 e. The summed E-state index contributed by atoms with van der Waals surface area (Å²) in [6.45, 7) is 8.35. The minimum Gasteiger partial charge on any atom is -0.389 e. The average molecular weight is 252 g/mol. The van der Waals surface area contributed by atoms with Gasteiger partial charge in [0.25, 0.3) is 5.69 Å². The maximum absolute atomic E-state index is 10.8. The summed E-state index contributed by atoms with van der Waals surface area (Å²) in [6.07, 6.45) is 0. The van der Waals surface area contributed by atoms with Crippen LogP contribution in [0, 0.1) is 17.0 Å². The molecule has 0 aromatic heterocycles. The maximum Gasteiger partial charge on any atom is 0.271 e. The summed E-state index contributed by atoms with van der Waals surface area (Å²) >= 11 is 0. The van der Waals surface area contributed by atoms with E-state index in [0.717, 1.165) is 11.3 Å². The molecule has 0 spiro atoms. The SMILES string of the molecule is CCN(CC(C)(C)O)c1cc(C)cc([N+](=O)[O-])c1. The van der Waals surface area contributed by atoms with Crippen LogP contribution in [0.1, 0.15) is 26.3 Å². The van der Waals surface area contributed by atoms with Crippen molar-refractivity contribution in [3.63, 3.8) is 0 Å². The molecule has 0 aliphatic heterocycles. The van der Waals surface area contributed by atoms with Crippen LogP contribution in [0.5, 0.6) is 0 Å². The number of aliphatic hydroxyl groups is 1. The first-order valence-electron chi connectivity index (χ1n) is 5.96. The highest BCUT2D eigenvalue weighted by Crippen LogP contribution is 2.24. The van der Waals surface area contributed by atoms with Crippen molar-refractivity contribution in [2.45, 2.75) is 33.3 Å². The molecule has 5 heteroatoms. The normalized spacial score (nSPS) is 11.4. The largest absolute Gasteiger partial charge is 0.389 e. The number of nitrogens with zero attached hydrogens (tertiary/aromatic N) is 2. The number of rotatable bonds is 5. The molecule has 0 amide bonds. The Morgan fingerprint density at radius 2 is 2.00 bits per heavy atom. The Hall–Kier alpha value is -1.62. The highest BCUT2D eigenvalue weighted by atomic mass is 16.6. The van der Waals surface area contributed by atoms with Crippen LogP contribution in [-0.4, -0.2) is 28.7 Å². The Balaban J connectivity index is 3.09. The van der Waals surface area contributed by atoms with Crippen LogP contribution in [0.4, 0.5) is 11.4 Å². The number of anilines is 1. The Morgan fingerprint density at radius 3 is 2.44 bits per heavy atom. The number of likely N-dealkylation sites (N-methyl/N-ethyl adjacent to an activating group) is 1. The maximum atomic E-state index is 10.8. The third kappa shape index (κ3) is 4.00. The van der Waals surface area contributed by atoms with Gasteiger partial charge in [-0.25, -0.2) is 0 Å². The van der Waals surface area contributed by atoms with Crippen LogP contribution in [0.15, 0.2) is 18.2 Å². The van der Waals surface area contributed by atoms with Gasteiger partial charge in [0, 0.05) is 30.9 Å². The van der Waals surface area contributed by atoms with Gasteiger partial charge in [-0.05, 0) is 39.3 Å². The summed E-state index contributed by atoms with van der Waals surface area (Å²) in [4.78, 5) is 12.4. The van der Waals surface area contributed by atoms with Crippen molar-refractivity contribution in [3.8, 4) is 0 Å². The van der Waals surface area contributed by atoms with Crippen molar-refractivity contribution >= 4 is 11.4 Å². The molecular formula is C13H20N2O3. The molecule has 0 aliphatic rings. The molecule has 0 saturated heterocycles. The van der Waals surface area contributed by atoms with Crippen molar-refractivity contribution in [3.05, 3.63) is 33.9 Å². The summed E-state index contributed by atoms with van der Waals surface area (Å²) in [5.74, 6) is 0. The predicted octanol–water partition coefficient (Wildman–Crippen LogP) is 2.50. The van der Waals surface area contributed by atoms with E-state index >= 15 is 0 Å². The second kappa shape index (κ2) is 5.35. The van der Waals surface area contributed by atoms with Gasteiger partial charge >= 0.3 is 0 Å². The summed E-state index contributed by atoms with van der Waals surface area (Å²) in [5.41, 5.74) is 0.855.